The number of hydrogen-bond acceptors (Lipinski definition) is 3. The monoisotopic (exact) mass is 327 g/mol. The zero-order chi connectivity index (χ0) is 15.2. The summed E-state index contributed by atoms with van der Waals surface area (Å²) in [7, 11) is 3.16. The molecule has 0 amide bonds. The number of hydrogen-bond donors (Lipinski definition) is 0. The number of fused-ring (bicyclic) bond motifs is 1. The Balaban J connectivity index is 2.22. The van der Waals surface area contributed by atoms with Gasteiger partial charge in [-0.25, -0.2) is 12.8 Å². The third-order valence-corrected chi connectivity index (χ3v) is 4.53. The molecule has 0 spiro atoms. The molecule has 0 radical (unpaired) electrons. The fourth-order valence-corrected chi connectivity index (χ4v) is 3.39. The molecule has 0 bridgehead atoms. The van der Waals surface area contributed by atoms with E-state index in [9.17, 15) is 12.8 Å². The summed E-state index contributed by atoms with van der Waals surface area (Å²) in [6.07, 6.45) is 4.82. The van der Waals surface area contributed by atoms with Crippen LogP contribution in [0.2, 0.25) is 0 Å². The molecule has 0 unspecified atom stereocenters. The molecular formula is C13H11ClFN3O2S. The second-order valence-corrected chi connectivity index (χ2v) is 7.25. The van der Waals surface area contributed by atoms with Crippen LogP contribution in [-0.4, -0.2) is 22.8 Å². The van der Waals surface area contributed by atoms with E-state index in [4.69, 9.17) is 10.7 Å². The first-order valence-electron chi connectivity index (χ1n) is 6.06. The number of benzene rings is 1. The fraction of sp³-hybridized carbons (Fsp3) is 0.154. The van der Waals surface area contributed by atoms with Crippen molar-refractivity contribution in [1.29, 1.82) is 0 Å². The second kappa shape index (κ2) is 4.85. The highest BCUT2D eigenvalue weighted by Gasteiger charge is 2.21. The van der Waals surface area contributed by atoms with E-state index in [1.54, 1.807) is 34.8 Å². The van der Waals surface area contributed by atoms with Gasteiger partial charge in [0.2, 0.25) is 0 Å². The maximum atomic E-state index is 14.0. The Labute approximate surface area is 125 Å². The van der Waals surface area contributed by atoms with E-state index >= 15 is 0 Å². The molecule has 0 aliphatic heterocycles. The summed E-state index contributed by atoms with van der Waals surface area (Å²) < 4.78 is 40.5. The lowest BCUT2D eigenvalue weighted by atomic mass is 10.2. The van der Waals surface area contributed by atoms with Gasteiger partial charge in [0, 0.05) is 35.7 Å². The molecule has 0 fully saturated rings. The average Bonchev–Trinajstić information content (AvgIpc) is 2.95. The van der Waals surface area contributed by atoms with Crippen molar-refractivity contribution in [2.24, 2.45) is 7.05 Å². The van der Waals surface area contributed by atoms with Gasteiger partial charge < -0.3 is 4.57 Å². The predicted molar refractivity (Wildman–Crippen MR) is 77.2 cm³/mol. The number of halogens is 2. The average molecular weight is 328 g/mol. The van der Waals surface area contributed by atoms with Crippen LogP contribution in [0.25, 0.3) is 10.9 Å². The van der Waals surface area contributed by atoms with Gasteiger partial charge in [-0.1, -0.05) is 6.07 Å². The lowest BCUT2D eigenvalue weighted by molar-refractivity contribution is 0.607. The molecule has 0 saturated heterocycles. The van der Waals surface area contributed by atoms with E-state index in [2.05, 4.69) is 5.10 Å². The number of nitrogens with zero attached hydrogens (tertiary/aromatic N) is 3. The minimum atomic E-state index is -4.03. The largest absolute Gasteiger partial charge is 0.341 e. The standard InChI is InChI=1S/C13H11ClFN3O2S/c1-17-6-9(5-16-17)7-18-8-12(21(14,19)20)13-10(15)3-2-4-11(13)18/h2-6,8H,7H2,1H3. The lowest BCUT2D eigenvalue weighted by Gasteiger charge is -2.02. The van der Waals surface area contributed by atoms with Gasteiger partial charge in [0.05, 0.1) is 23.6 Å². The van der Waals surface area contributed by atoms with Crippen molar-refractivity contribution in [3.63, 3.8) is 0 Å². The summed E-state index contributed by atoms with van der Waals surface area (Å²) in [5, 5.41) is 4.06. The van der Waals surface area contributed by atoms with Gasteiger partial charge >= 0.3 is 0 Å². The van der Waals surface area contributed by atoms with Crippen LogP contribution in [0.1, 0.15) is 5.56 Å². The summed E-state index contributed by atoms with van der Waals surface area (Å²) >= 11 is 0. The van der Waals surface area contributed by atoms with Crippen molar-refractivity contribution in [3.05, 3.63) is 48.2 Å². The summed E-state index contributed by atoms with van der Waals surface area (Å²) in [6.45, 7) is 0.375. The molecule has 3 aromatic rings. The Morgan fingerprint density at radius 2 is 2.10 bits per heavy atom. The van der Waals surface area contributed by atoms with Crippen LogP contribution in [0.5, 0.6) is 0 Å². The van der Waals surface area contributed by atoms with Crippen LogP contribution >= 0.6 is 10.7 Å². The molecule has 0 saturated carbocycles. The first-order chi connectivity index (χ1) is 9.86. The molecule has 8 heteroatoms. The SMILES string of the molecule is Cn1cc(Cn2cc(S(=O)(=O)Cl)c3c(F)cccc32)cn1. The minimum absolute atomic E-state index is 0.0105. The quantitative estimate of drug-likeness (QED) is 0.694. The molecule has 0 aliphatic carbocycles. The molecule has 5 nitrogen and oxygen atoms in total. The van der Waals surface area contributed by atoms with Gasteiger partial charge in [-0.3, -0.25) is 4.68 Å². The molecule has 2 heterocycles. The summed E-state index contributed by atoms with van der Waals surface area (Å²) in [5.41, 5.74) is 1.34. The van der Waals surface area contributed by atoms with Gasteiger partial charge in [-0.05, 0) is 12.1 Å². The number of rotatable bonds is 3. The normalized spacial score (nSPS) is 12.1. The Morgan fingerprint density at radius 1 is 1.33 bits per heavy atom. The molecule has 0 atom stereocenters. The Hall–Kier alpha value is -1.86. The second-order valence-electron chi connectivity index (χ2n) is 4.72. The number of aromatic nitrogens is 3. The Kier molecular flexibility index (Phi) is 3.26. The highest BCUT2D eigenvalue weighted by molar-refractivity contribution is 8.14. The third kappa shape index (κ3) is 2.54. The van der Waals surface area contributed by atoms with Crippen LogP contribution in [0.15, 0.2) is 41.7 Å². The third-order valence-electron chi connectivity index (χ3n) is 3.19. The zero-order valence-corrected chi connectivity index (χ0v) is 12.6. The van der Waals surface area contributed by atoms with Crippen molar-refractivity contribution < 1.29 is 12.8 Å². The summed E-state index contributed by atoms with van der Waals surface area (Å²) in [5.74, 6) is -0.614. The van der Waals surface area contributed by atoms with Gasteiger partial charge in [0.15, 0.2) is 0 Å². The Morgan fingerprint density at radius 3 is 2.71 bits per heavy atom. The topological polar surface area (TPSA) is 56.9 Å². The molecule has 3 rings (SSSR count). The summed E-state index contributed by atoms with van der Waals surface area (Å²) in [4.78, 5) is -0.221. The van der Waals surface area contributed by atoms with E-state index in [0.29, 0.717) is 12.1 Å². The molecule has 0 N–H and O–H groups in total. The summed E-state index contributed by atoms with van der Waals surface area (Å²) in [6, 6.07) is 4.39. The minimum Gasteiger partial charge on any atom is -0.341 e. The molecule has 21 heavy (non-hydrogen) atoms. The number of aryl methyl sites for hydroxylation is 1. The molecular weight excluding hydrogens is 317 g/mol. The zero-order valence-electron chi connectivity index (χ0n) is 11.0. The van der Waals surface area contributed by atoms with Crippen LogP contribution in [0.3, 0.4) is 0 Å². The van der Waals surface area contributed by atoms with Gasteiger partial charge in [-0.15, -0.1) is 0 Å². The van der Waals surface area contributed by atoms with Crippen LogP contribution in [0.4, 0.5) is 4.39 Å². The smallest absolute Gasteiger partial charge is 0.263 e. The van der Waals surface area contributed by atoms with Crippen molar-refractivity contribution in [2.45, 2.75) is 11.4 Å². The van der Waals surface area contributed by atoms with E-state index in [1.807, 2.05) is 0 Å². The molecule has 0 aliphatic rings. The van der Waals surface area contributed by atoms with E-state index in [-0.39, 0.29) is 10.3 Å². The van der Waals surface area contributed by atoms with Gasteiger partial charge in [0.1, 0.15) is 10.7 Å². The fourth-order valence-electron chi connectivity index (χ4n) is 2.34. The van der Waals surface area contributed by atoms with E-state index < -0.39 is 14.9 Å². The molecule has 2 aromatic heterocycles. The highest BCUT2D eigenvalue weighted by Crippen LogP contribution is 2.30. The van der Waals surface area contributed by atoms with Crippen molar-refractivity contribution >= 4 is 30.6 Å². The molecule has 1 aromatic carbocycles. The maximum absolute atomic E-state index is 14.0. The Bertz CT molecular complexity index is 930. The van der Waals surface area contributed by atoms with Crippen molar-refractivity contribution in [1.82, 2.24) is 14.3 Å². The van der Waals surface area contributed by atoms with Crippen LogP contribution in [0, 0.1) is 5.82 Å². The highest BCUT2D eigenvalue weighted by atomic mass is 35.7. The molecule has 110 valence electrons. The maximum Gasteiger partial charge on any atom is 0.263 e. The van der Waals surface area contributed by atoms with Crippen molar-refractivity contribution in [2.75, 3.05) is 0 Å². The predicted octanol–water partition coefficient (Wildman–Crippen LogP) is 2.49. The van der Waals surface area contributed by atoms with Crippen molar-refractivity contribution in [3.8, 4) is 0 Å². The van der Waals surface area contributed by atoms with Gasteiger partial charge in [-0.2, -0.15) is 5.10 Å². The first kappa shape index (κ1) is 14.1. The van der Waals surface area contributed by atoms with Crippen LogP contribution in [-0.2, 0) is 22.6 Å². The lowest BCUT2D eigenvalue weighted by Crippen LogP contribution is -1.97. The first-order valence-corrected chi connectivity index (χ1v) is 8.37. The van der Waals surface area contributed by atoms with E-state index in [1.165, 1.54) is 18.3 Å². The van der Waals surface area contributed by atoms with E-state index in [0.717, 1.165) is 5.56 Å². The van der Waals surface area contributed by atoms with Gasteiger partial charge in [0.25, 0.3) is 9.05 Å². The van der Waals surface area contributed by atoms with Crippen LogP contribution < -0.4 is 0 Å².